The number of carbonyl (C=O) groups excluding carboxylic acids is 3. The van der Waals surface area contributed by atoms with Crippen molar-refractivity contribution in [1.29, 1.82) is 0 Å². The summed E-state index contributed by atoms with van der Waals surface area (Å²) >= 11 is 6.47. The zero-order valence-corrected chi connectivity index (χ0v) is 26.4. The number of amides is 3. The van der Waals surface area contributed by atoms with Gasteiger partial charge in [0.05, 0.1) is 10.7 Å². The van der Waals surface area contributed by atoms with Crippen LogP contribution < -0.4 is 10.6 Å². The number of aryl methyl sites for hydroxylation is 1. The lowest BCUT2D eigenvalue weighted by atomic mass is 9.97. The maximum absolute atomic E-state index is 14.6. The number of nitrogens with one attached hydrogen (secondary N) is 2. The molecule has 0 aliphatic heterocycles. The standard InChI is InChI=1S/C35H40ClN3O4/c1-8-24(4)39(33(41)29(22-26-15-11-10-12-16-26)37-34(42)43-35(5,6)7)31(27-20-18-25(9-2)19-21-27)32(40)38-30-23(3)14-13-17-28(30)36/h2,10-21,24,29,31H,8,22H2,1,3-7H3,(H,37,42)(H,38,40). The molecule has 3 atom stereocenters. The molecule has 3 rings (SSSR count). The summed E-state index contributed by atoms with van der Waals surface area (Å²) in [6.07, 6.45) is 5.61. The van der Waals surface area contributed by atoms with Gasteiger partial charge in [-0.1, -0.05) is 79.0 Å². The van der Waals surface area contributed by atoms with Gasteiger partial charge in [-0.05, 0) is 75.9 Å². The Morgan fingerprint density at radius 1 is 1.00 bits per heavy atom. The normalized spacial score (nSPS) is 13.2. The van der Waals surface area contributed by atoms with Gasteiger partial charge in [0.15, 0.2) is 0 Å². The van der Waals surface area contributed by atoms with Gasteiger partial charge in [0.2, 0.25) is 5.91 Å². The Morgan fingerprint density at radius 3 is 2.21 bits per heavy atom. The van der Waals surface area contributed by atoms with Gasteiger partial charge in [-0.15, -0.1) is 6.42 Å². The molecule has 0 fully saturated rings. The summed E-state index contributed by atoms with van der Waals surface area (Å²) in [5.41, 5.74) is 2.51. The summed E-state index contributed by atoms with van der Waals surface area (Å²) in [6.45, 7) is 10.9. The van der Waals surface area contributed by atoms with Crippen LogP contribution in [-0.4, -0.2) is 40.5 Å². The summed E-state index contributed by atoms with van der Waals surface area (Å²) < 4.78 is 5.51. The molecule has 8 heteroatoms. The number of hydrogen-bond donors (Lipinski definition) is 2. The summed E-state index contributed by atoms with van der Waals surface area (Å²) in [7, 11) is 0. The number of terminal acetylenes is 1. The summed E-state index contributed by atoms with van der Waals surface area (Å²) in [6, 6.07) is 19.2. The molecule has 3 aromatic carbocycles. The van der Waals surface area contributed by atoms with E-state index in [9.17, 15) is 14.4 Å². The minimum atomic E-state index is -1.07. The van der Waals surface area contributed by atoms with Gasteiger partial charge in [0.25, 0.3) is 5.91 Å². The highest BCUT2D eigenvalue weighted by molar-refractivity contribution is 6.34. The molecule has 0 saturated heterocycles. The molecule has 0 radical (unpaired) electrons. The molecule has 226 valence electrons. The molecule has 2 N–H and O–H groups in total. The van der Waals surface area contributed by atoms with Crippen molar-refractivity contribution in [2.45, 2.75) is 78.1 Å². The molecule has 7 nitrogen and oxygen atoms in total. The lowest BCUT2D eigenvalue weighted by molar-refractivity contribution is -0.143. The molecule has 0 aliphatic carbocycles. The van der Waals surface area contributed by atoms with E-state index in [1.165, 1.54) is 4.90 Å². The molecule has 3 unspecified atom stereocenters. The Labute approximate surface area is 260 Å². The number of halogens is 1. The topological polar surface area (TPSA) is 87.7 Å². The zero-order chi connectivity index (χ0) is 31.7. The highest BCUT2D eigenvalue weighted by Gasteiger charge is 2.39. The Hall–Kier alpha value is -4.28. The van der Waals surface area contributed by atoms with Gasteiger partial charge in [0.1, 0.15) is 17.7 Å². The summed E-state index contributed by atoms with van der Waals surface area (Å²) in [5, 5.41) is 6.12. The number of anilines is 1. The van der Waals surface area contributed by atoms with E-state index < -0.39 is 35.6 Å². The lowest BCUT2D eigenvalue weighted by Crippen LogP contribution is -2.55. The minimum absolute atomic E-state index is 0.194. The average molecular weight is 602 g/mol. The molecule has 0 aliphatic rings. The van der Waals surface area contributed by atoms with Crippen LogP contribution in [0.15, 0.2) is 72.8 Å². The maximum Gasteiger partial charge on any atom is 0.408 e. The van der Waals surface area contributed by atoms with Gasteiger partial charge >= 0.3 is 6.09 Å². The largest absolute Gasteiger partial charge is 0.444 e. The van der Waals surface area contributed by atoms with E-state index in [0.29, 0.717) is 28.3 Å². The first-order valence-corrected chi connectivity index (χ1v) is 14.7. The van der Waals surface area contributed by atoms with Gasteiger partial charge in [-0.3, -0.25) is 9.59 Å². The molecular formula is C35H40ClN3O4. The number of nitrogens with zero attached hydrogens (tertiary/aromatic N) is 1. The van der Waals surface area contributed by atoms with Crippen LogP contribution >= 0.6 is 11.6 Å². The molecule has 0 aromatic heterocycles. The molecule has 3 aromatic rings. The van der Waals surface area contributed by atoms with E-state index in [2.05, 4.69) is 16.6 Å². The average Bonchev–Trinajstić information content (AvgIpc) is 2.96. The second kappa shape index (κ2) is 14.8. The second-order valence-electron chi connectivity index (χ2n) is 11.5. The monoisotopic (exact) mass is 601 g/mol. The van der Waals surface area contributed by atoms with Crippen LogP contribution in [0.3, 0.4) is 0 Å². The second-order valence-corrected chi connectivity index (χ2v) is 11.9. The molecular weight excluding hydrogens is 562 g/mol. The first-order valence-electron chi connectivity index (χ1n) is 14.3. The third-order valence-electron chi connectivity index (χ3n) is 6.98. The molecule has 43 heavy (non-hydrogen) atoms. The van der Waals surface area contributed by atoms with Gasteiger partial charge in [0, 0.05) is 18.0 Å². The Bertz CT molecular complexity index is 1440. The van der Waals surface area contributed by atoms with Crippen LogP contribution in [0.2, 0.25) is 5.02 Å². The van der Waals surface area contributed by atoms with Gasteiger partial charge < -0.3 is 20.3 Å². The van der Waals surface area contributed by atoms with E-state index in [0.717, 1.165) is 11.1 Å². The Balaban J connectivity index is 2.12. The number of alkyl carbamates (subject to hydrolysis) is 1. The van der Waals surface area contributed by atoms with Crippen LogP contribution in [0.5, 0.6) is 0 Å². The van der Waals surface area contributed by atoms with E-state index in [-0.39, 0.29) is 12.5 Å². The third-order valence-corrected chi connectivity index (χ3v) is 7.30. The molecule has 0 heterocycles. The smallest absolute Gasteiger partial charge is 0.408 e. The lowest BCUT2D eigenvalue weighted by Gasteiger charge is -2.38. The van der Waals surface area contributed by atoms with Crippen LogP contribution in [0.1, 0.15) is 69.3 Å². The number of hydrogen-bond acceptors (Lipinski definition) is 4. The fraction of sp³-hybridized carbons (Fsp3) is 0.343. The number of para-hydroxylation sites is 1. The third kappa shape index (κ3) is 9.10. The maximum atomic E-state index is 14.6. The van der Waals surface area contributed by atoms with Crippen molar-refractivity contribution >= 4 is 35.2 Å². The van der Waals surface area contributed by atoms with Gasteiger partial charge in [-0.25, -0.2) is 4.79 Å². The van der Waals surface area contributed by atoms with Crippen molar-refractivity contribution in [2.75, 3.05) is 5.32 Å². The molecule has 3 amide bonds. The van der Waals surface area contributed by atoms with Crippen molar-refractivity contribution in [1.82, 2.24) is 10.2 Å². The van der Waals surface area contributed by atoms with Crippen molar-refractivity contribution in [3.05, 3.63) is 100 Å². The van der Waals surface area contributed by atoms with E-state index in [4.69, 9.17) is 22.8 Å². The number of carbonyl (C=O) groups is 3. The van der Waals surface area contributed by atoms with Crippen molar-refractivity contribution in [3.8, 4) is 12.3 Å². The van der Waals surface area contributed by atoms with Crippen LogP contribution in [0, 0.1) is 19.3 Å². The molecule has 0 bridgehead atoms. The van der Waals surface area contributed by atoms with Crippen molar-refractivity contribution in [2.24, 2.45) is 0 Å². The van der Waals surface area contributed by atoms with Crippen LogP contribution in [-0.2, 0) is 20.7 Å². The molecule has 0 saturated carbocycles. The highest BCUT2D eigenvalue weighted by Crippen LogP contribution is 2.31. The van der Waals surface area contributed by atoms with Crippen molar-refractivity contribution in [3.63, 3.8) is 0 Å². The Morgan fingerprint density at radius 2 is 1.65 bits per heavy atom. The highest BCUT2D eigenvalue weighted by atomic mass is 35.5. The zero-order valence-electron chi connectivity index (χ0n) is 25.6. The summed E-state index contributed by atoms with van der Waals surface area (Å²) in [5.74, 6) is 1.71. The predicted octanol–water partition coefficient (Wildman–Crippen LogP) is 7.07. The van der Waals surface area contributed by atoms with E-state index >= 15 is 0 Å². The van der Waals surface area contributed by atoms with Crippen LogP contribution in [0.25, 0.3) is 0 Å². The van der Waals surface area contributed by atoms with E-state index in [1.807, 2.05) is 57.2 Å². The first-order chi connectivity index (χ1) is 20.3. The number of ether oxygens (including phenoxy) is 1. The predicted molar refractivity (Wildman–Crippen MR) is 172 cm³/mol. The minimum Gasteiger partial charge on any atom is -0.444 e. The SMILES string of the molecule is C#Cc1ccc(C(C(=O)Nc2c(C)cccc2Cl)N(C(=O)C(Cc2ccccc2)NC(=O)OC(C)(C)C)C(C)CC)cc1. The summed E-state index contributed by atoms with van der Waals surface area (Å²) in [4.78, 5) is 43.3. The van der Waals surface area contributed by atoms with Crippen molar-refractivity contribution < 1.29 is 19.1 Å². The first kappa shape index (κ1) is 33.2. The van der Waals surface area contributed by atoms with E-state index in [1.54, 1.807) is 57.2 Å². The number of rotatable bonds is 10. The quantitative estimate of drug-likeness (QED) is 0.243. The Kier molecular flexibility index (Phi) is 11.4. The fourth-order valence-corrected chi connectivity index (χ4v) is 4.93. The van der Waals surface area contributed by atoms with Crippen LogP contribution in [0.4, 0.5) is 10.5 Å². The molecule has 0 spiro atoms. The fourth-order valence-electron chi connectivity index (χ4n) is 4.66. The van der Waals surface area contributed by atoms with Gasteiger partial charge in [-0.2, -0.15) is 0 Å². The number of benzene rings is 3.